The summed E-state index contributed by atoms with van der Waals surface area (Å²) >= 11 is 0. The molecule has 0 radical (unpaired) electrons. The predicted octanol–water partition coefficient (Wildman–Crippen LogP) is 7.37. The summed E-state index contributed by atoms with van der Waals surface area (Å²) in [7, 11) is 0. The average molecular weight is 493 g/mol. The number of benzene rings is 3. The van der Waals surface area contributed by atoms with Crippen LogP contribution in [-0.2, 0) is 29.1 Å². The average Bonchev–Trinajstić information content (AvgIpc) is 2.77. The first kappa shape index (κ1) is 26.3. The Labute approximate surface area is 200 Å². The highest BCUT2D eigenvalue weighted by atomic mass is 19.4. The lowest BCUT2D eigenvalue weighted by molar-refractivity contribution is -0.138. The summed E-state index contributed by atoms with van der Waals surface area (Å²) in [6.07, 6.45) is -9.44. The van der Waals surface area contributed by atoms with E-state index in [9.17, 15) is 31.1 Å². The van der Waals surface area contributed by atoms with Crippen LogP contribution < -0.4 is 5.32 Å². The monoisotopic (exact) mass is 493 g/mol. The van der Waals surface area contributed by atoms with Crippen molar-refractivity contribution in [3.8, 4) is 0 Å². The quantitative estimate of drug-likeness (QED) is 0.370. The van der Waals surface area contributed by atoms with Crippen LogP contribution in [0.15, 0.2) is 78.9 Å². The molecule has 0 fully saturated rings. The van der Waals surface area contributed by atoms with Crippen LogP contribution in [0.3, 0.4) is 0 Å². The van der Waals surface area contributed by atoms with Gasteiger partial charge in [-0.2, -0.15) is 26.3 Å². The maximum atomic E-state index is 13.6. The van der Waals surface area contributed by atoms with Crippen LogP contribution in [0.25, 0.3) is 0 Å². The molecule has 0 saturated carbocycles. The standard InChI is InChI=1S/C27H25F6NO/c1-24(2,3)23(35)34-25(17-18-9-5-4-6-10-18,19-11-7-13-21(15-19)26(28,29)30)20-12-8-14-22(16-20)27(31,32)33/h4-16H,17H2,1-3H3,(H,34,35). The number of amides is 1. The zero-order valence-corrected chi connectivity index (χ0v) is 19.4. The van der Waals surface area contributed by atoms with Crippen molar-refractivity contribution in [1.82, 2.24) is 5.32 Å². The van der Waals surface area contributed by atoms with Crippen molar-refractivity contribution >= 4 is 5.91 Å². The van der Waals surface area contributed by atoms with Gasteiger partial charge in [0.2, 0.25) is 5.91 Å². The maximum Gasteiger partial charge on any atom is 0.416 e. The summed E-state index contributed by atoms with van der Waals surface area (Å²) in [5.41, 5.74) is -3.95. The number of carbonyl (C=O) groups is 1. The summed E-state index contributed by atoms with van der Waals surface area (Å²) in [5.74, 6) is -0.525. The number of carbonyl (C=O) groups excluding carboxylic acids is 1. The van der Waals surface area contributed by atoms with Crippen molar-refractivity contribution in [3.05, 3.63) is 107 Å². The van der Waals surface area contributed by atoms with E-state index in [1.165, 1.54) is 24.3 Å². The van der Waals surface area contributed by atoms with Crippen LogP contribution in [-0.4, -0.2) is 5.91 Å². The van der Waals surface area contributed by atoms with E-state index in [0.29, 0.717) is 5.56 Å². The molecule has 35 heavy (non-hydrogen) atoms. The fourth-order valence-electron chi connectivity index (χ4n) is 3.76. The molecule has 0 aliphatic rings. The normalized spacial score (nSPS) is 12.9. The van der Waals surface area contributed by atoms with E-state index < -0.39 is 40.3 Å². The van der Waals surface area contributed by atoms with Gasteiger partial charge in [-0.15, -0.1) is 0 Å². The molecule has 0 saturated heterocycles. The van der Waals surface area contributed by atoms with E-state index in [1.807, 2.05) is 0 Å². The van der Waals surface area contributed by atoms with Gasteiger partial charge in [-0.3, -0.25) is 4.79 Å². The number of rotatable bonds is 5. The molecule has 0 aliphatic carbocycles. The molecule has 0 aromatic heterocycles. The van der Waals surface area contributed by atoms with E-state index in [1.54, 1.807) is 51.1 Å². The van der Waals surface area contributed by atoms with Crippen LogP contribution in [0.5, 0.6) is 0 Å². The first-order valence-electron chi connectivity index (χ1n) is 10.8. The molecule has 3 aromatic carbocycles. The molecule has 2 nitrogen and oxygen atoms in total. The minimum Gasteiger partial charge on any atom is -0.342 e. The van der Waals surface area contributed by atoms with Gasteiger partial charge in [0.15, 0.2) is 0 Å². The first-order chi connectivity index (χ1) is 16.1. The van der Waals surface area contributed by atoms with Crippen LogP contribution in [0.2, 0.25) is 0 Å². The highest BCUT2D eigenvalue weighted by Crippen LogP contribution is 2.40. The topological polar surface area (TPSA) is 29.1 Å². The van der Waals surface area contributed by atoms with Gasteiger partial charge in [0.05, 0.1) is 16.7 Å². The summed E-state index contributed by atoms with van der Waals surface area (Å²) < 4.78 is 81.7. The molecular formula is C27H25F6NO. The van der Waals surface area contributed by atoms with Crippen LogP contribution in [0, 0.1) is 5.41 Å². The smallest absolute Gasteiger partial charge is 0.342 e. The number of alkyl halides is 6. The number of nitrogens with one attached hydrogen (secondary N) is 1. The minimum atomic E-state index is -4.68. The SMILES string of the molecule is CC(C)(C)C(=O)NC(Cc1ccccc1)(c1cccc(C(F)(F)F)c1)c1cccc(C(F)(F)F)c1. The first-order valence-corrected chi connectivity index (χ1v) is 10.8. The number of halogens is 6. The highest BCUT2D eigenvalue weighted by molar-refractivity contribution is 5.83. The third-order valence-electron chi connectivity index (χ3n) is 5.69. The second-order valence-electron chi connectivity index (χ2n) is 9.43. The van der Waals surface area contributed by atoms with Crippen LogP contribution in [0.1, 0.15) is 48.6 Å². The molecule has 0 atom stereocenters. The van der Waals surface area contributed by atoms with Crippen molar-refractivity contribution in [2.24, 2.45) is 5.41 Å². The number of hydrogen-bond acceptors (Lipinski definition) is 1. The molecule has 1 N–H and O–H groups in total. The summed E-state index contributed by atoms with van der Waals surface area (Å²) in [6.45, 7) is 4.86. The van der Waals surface area contributed by atoms with Crippen molar-refractivity contribution in [2.75, 3.05) is 0 Å². The Kier molecular flexibility index (Phi) is 7.07. The van der Waals surface area contributed by atoms with Gasteiger partial charge in [-0.25, -0.2) is 0 Å². The van der Waals surface area contributed by atoms with Crippen LogP contribution >= 0.6 is 0 Å². The lowest BCUT2D eigenvalue weighted by Gasteiger charge is -2.39. The molecule has 3 aromatic rings. The third kappa shape index (κ3) is 6.05. The van der Waals surface area contributed by atoms with E-state index >= 15 is 0 Å². The van der Waals surface area contributed by atoms with Crippen molar-refractivity contribution < 1.29 is 31.1 Å². The molecule has 1 amide bonds. The van der Waals surface area contributed by atoms with E-state index in [0.717, 1.165) is 24.3 Å². The van der Waals surface area contributed by atoms with Crippen LogP contribution in [0.4, 0.5) is 26.3 Å². The fourth-order valence-corrected chi connectivity index (χ4v) is 3.76. The lowest BCUT2D eigenvalue weighted by atomic mass is 9.76. The van der Waals surface area contributed by atoms with Gasteiger partial charge >= 0.3 is 12.4 Å². The molecule has 8 heteroatoms. The molecule has 0 bridgehead atoms. The fraction of sp³-hybridized carbons (Fsp3) is 0.296. The van der Waals surface area contributed by atoms with E-state index in [2.05, 4.69) is 5.32 Å². The molecule has 186 valence electrons. The number of hydrogen-bond donors (Lipinski definition) is 1. The molecule has 0 heterocycles. The second-order valence-corrected chi connectivity index (χ2v) is 9.43. The maximum absolute atomic E-state index is 13.6. The molecule has 0 aliphatic heterocycles. The Morgan fingerprint density at radius 1 is 0.657 bits per heavy atom. The van der Waals surface area contributed by atoms with Crippen molar-refractivity contribution in [1.29, 1.82) is 0 Å². The van der Waals surface area contributed by atoms with E-state index in [4.69, 9.17) is 0 Å². The van der Waals surface area contributed by atoms with Crippen molar-refractivity contribution in [2.45, 2.75) is 45.1 Å². The van der Waals surface area contributed by atoms with Gasteiger partial charge < -0.3 is 5.32 Å². The molecule has 0 unspecified atom stereocenters. The zero-order chi connectivity index (χ0) is 26.1. The Bertz CT molecular complexity index is 1120. The van der Waals surface area contributed by atoms with Gasteiger partial charge in [0, 0.05) is 11.8 Å². The zero-order valence-electron chi connectivity index (χ0n) is 19.4. The van der Waals surface area contributed by atoms with E-state index in [-0.39, 0.29) is 17.5 Å². The predicted molar refractivity (Wildman–Crippen MR) is 121 cm³/mol. The van der Waals surface area contributed by atoms with Gasteiger partial charge in [-0.05, 0) is 41.0 Å². The lowest BCUT2D eigenvalue weighted by Crippen LogP contribution is -2.52. The molecule has 3 rings (SSSR count). The Hall–Kier alpha value is -3.29. The van der Waals surface area contributed by atoms with Gasteiger partial charge in [-0.1, -0.05) is 75.4 Å². The summed E-state index contributed by atoms with van der Waals surface area (Å²) in [4.78, 5) is 13.2. The highest BCUT2D eigenvalue weighted by Gasteiger charge is 2.42. The van der Waals surface area contributed by atoms with Crippen molar-refractivity contribution in [3.63, 3.8) is 0 Å². The Morgan fingerprint density at radius 2 is 1.09 bits per heavy atom. The summed E-state index contributed by atoms with van der Waals surface area (Å²) in [5, 5.41) is 2.84. The molecule has 0 spiro atoms. The Balaban J connectivity index is 2.36. The molecular weight excluding hydrogens is 468 g/mol. The largest absolute Gasteiger partial charge is 0.416 e. The van der Waals surface area contributed by atoms with Gasteiger partial charge in [0.25, 0.3) is 0 Å². The third-order valence-corrected chi connectivity index (χ3v) is 5.69. The second kappa shape index (κ2) is 9.40. The minimum absolute atomic E-state index is 0.0214. The summed E-state index contributed by atoms with van der Waals surface area (Å²) in [6, 6.07) is 17.3. The Morgan fingerprint density at radius 3 is 1.49 bits per heavy atom. The van der Waals surface area contributed by atoms with Gasteiger partial charge in [0.1, 0.15) is 0 Å².